The summed E-state index contributed by atoms with van der Waals surface area (Å²) in [7, 11) is 0. The molecule has 1 aliphatic rings. The van der Waals surface area contributed by atoms with Crippen LogP contribution >= 0.6 is 0 Å². The first-order valence-electron chi connectivity index (χ1n) is 7.41. The predicted octanol–water partition coefficient (Wildman–Crippen LogP) is 1.49. The molecule has 0 saturated carbocycles. The third-order valence-corrected chi connectivity index (χ3v) is 3.78. The highest BCUT2D eigenvalue weighted by Gasteiger charge is 2.24. The zero-order chi connectivity index (χ0) is 15.4. The van der Waals surface area contributed by atoms with Crippen LogP contribution in [0.4, 0.5) is 5.69 Å². The zero-order valence-electron chi connectivity index (χ0n) is 12.6. The molecular formula is C16H22N2O3. The van der Waals surface area contributed by atoms with Crippen LogP contribution in [0.25, 0.3) is 0 Å². The van der Waals surface area contributed by atoms with E-state index >= 15 is 0 Å². The van der Waals surface area contributed by atoms with E-state index < -0.39 is 0 Å². The Labute approximate surface area is 125 Å². The number of hydrogen-bond donors (Lipinski definition) is 2. The van der Waals surface area contributed by atoms with Crippen molar-refractivity contribution in [1.29, 1.82) is 0 Å². The lowest BCUT2D eigenvalue weighted by Crippen LogP contribution is -2.33. The van der Waals surface area contributed by atoms with Crippen LogP contribution in [0.1, 0.15) is 42.6 Å². The maximum atomic E-state index is 12.1. The van der Waals surface area contributed by atoms with E-state index in [1.54, 1.807) is 11.0 Å². The summed E-state index contributed by atoms with van der Waals surface area (Å²) in [6.07, 6.45) is 1.81. The Hall–Kier alpha value is -1.88. The van der Waals surface area contributed by atoms with Crippen LogP contribution in [0.3, 0.4) is 0 Å². The number of fused-ring (bicyclic) bond motifs is 1. The number of nitrogens with one attached hydrogen (secondary N) is 1. The fourth-order valence-electron chi connectivity index (χ4n) is 2.57. The quantitative estimate of drug-likeness (QED) is 0.863. The Morgan fingerprint density at radius 1 is 1.43 bits per heavy atom. The van der Waals surface area contributed by atoms with Crippen molar-refractivity contribution in [2.75, 3.05) is 18.1 Å². The Balaban J connectivity index is 2.12. The van der Waals surface area contributed by atoms with Gasteiger partial charge in [-0.2, -0.15) is 0 Å². The lowest BCUT2D eigenvalue weighted by atomic mass is 10.1. The van der Waals surface area contributed by atoms with E-state index in [1.807, 2.05) is 26.0 Å². The SMILES string of the molecule is CCC(=O)N1CCc2cc(C(=O)NC(C)CCO)ccc21. The minimum absolute atomic E-state index is 0.0553. The van der Waals surface area contributed by atoms with Gasteiger partial charge in [-0.3, -0.25) is 9.59 Å². The third kappa shape index (κ3) is 3.42. The van der Waals surface area contributed by atoms with Crippen LogP contribution in [-0.4, -0.2) is 36.1 Å². The number of hydrogen-bond acceptors (Lipinski definition) is 3. The lowest BCUT2D eigenvalue weighted by molar-refractivity contribution is -0.118. The van der Waals surface area contributed by atoms with E-state index in [2.05, 4.69) is 5.32 Å². The molecule has 21 heavy (non-hydrogen) atoms. The van der Waals surface area contributed by atoms with Crippen LogP contribution < -0.4 is 10.2 Å². The summed E-state index contributed by atoms with van der Waals surface area (Å²) in [6, 6.07) is 5.40. The molecule has 0 spiro atoms. The number of carbonyl (C=O) groups excluding carboxylic acids is 2. The number of amides is 2. The maximum Gasteiger partial charge on any atom is 0.251 e. The van der Waals surface area contributed by atoms with Crippen molar-refractivity contribution >= 4 is 17.5 Å². The normalized spacial score (nSPS) is 14.7. The zero-order valence-corrected chi connectivity index (χ0v) is 12.6. The molecule has 0 aromatic heterocycles. The summed E-state index contributed by atoms with van der Waals surface area (Å²) in [5.74, 6) is -0.0264. The summed E-state index contributed by atoms with van der Waals surface area (Å²) in [5, 5.41) is 11.7. The Morgan fingerprint density at radius 2 is 2.19 bits per heavy atom. The second-order valence-corrected chi connectivity index (χ2v) is 5.38. The fraction of sp³-hybridized carbons (Fsp3) is 0.500. The molecule has 1 unspecified atom stereocenters. The highest BCUT2D eigenvalue weighted by molar-refractivity contribution is 5.98. The number of anilines is 1. The van der Waals surface area contributed by atoms with Crippen molar-refractivity contribution in [3.05, 3.63) is 29.3 Å². The first-order chi connectivity index (χ1) is 10.1. The minimum Gasteiger partial charge on any atom is -0.396 e. The lowest BCUT2D eigenvalue weighted by Gasteiger charge is -2.17. The predicted molar refractivity (Wildman–Crippen MR) is 81.4 cm³/mol. The molecule has 1 atom stereocenters. The van der Waals surface area contributed by atoms with E-state index in [4.69, 9.17) is 5.11 Å². The van der Waals surface area contributed by atoms with Gasteiger partial charge in [0.05, 0.1) is 0 Å². The number of benzene rings is 1. The van der Waals surface area contributed by atoms with Crippen molar-refractivity contribution in [2.24, 2.45) is 0 Å². The Morgan fingerprint density at radius 3 is 2.86 bits per heavy atom. The molecule has 1 heterocycles. The van der Waals surface area contributed by atoms with E-state index in [1.165, 1.54) is 0 Å². The van der Waals surface area contributed by atoms with Crippen LogP contribution in [-0.2, 0) is 11.2 Å². The molecule has 0 radical (unpaired) electrons. The van der Waals surface area contributed by atoms with E-state index in [0.717, 1.165) is 17.7 Å². The summed E-state index contributed by atoms with van der Waals surface area (Å²) >= 11 is 0. The van der Waals surface area contributed by atoms with Gasteiger partial charge < -0.3 is 15.3 Å². The molecule has 0 fully saturated rings. The third-order valence-electron chi connectivity index (χ3n) is 3.78. The van der Waals surface area contributed by atoms with Gasteiger partial charge in [0.25, 0.3) is 5.91 Å². The second kappa shape index (κ2) is 6.72. The van der Waals surface area contributed by atoms with Crippen molar-refractivity contribution in [3.8, 4) is 0 Å². The molecule has 5 heteroatoms. The standard InChI is InChI=1S/C16H22N2O3/c1-3-15(20)18-8-6-12-10-13(4-5-14(12)18)16(21)17-11(2)7-9-19/h4-5,10-11,19H,3,6-9H2,1-2H3,(H,17,21). The van der Waals surface area contributed by atoms with Crippen molar-refractivity contribution in [3.63, 3.8) is 0 Å². The summed E-state index contributed by atoms with van der Waals surface area (Å²) in [5.41, 5.74) is 2.56. The Bertz CT molecular complexity index is 542. The molecule has 1 aromatic rings. The van der Waals surface area contributed by atoms with Gasteiger partial charge in [-0.1, -0.05) is 6.92 Å². The van der Waals surface area contributed by atoms with E-state index in [0.29, 0.717) is 24.9 Å². The first kappa shape index (κ1) is 15.5. The number of aliphatic hydroxyl groups excluding tert-OH is 1. The molecule has 5 nitrogen and oxygen atoms in total. The summed E-state index contributed by atoms with van der Waals surface area (Å²) in [4.78, 5) is 25.7. The molecule has 0 saturated heterocycles. The largest absolute Gasteiger partial charge is 0.396 e. The maximum absolute atomic E-state index is 12.1. The summed E-state index contributed by atoms with van der Waals surface area (Å²) < 4.78 is 0. The highest BCUT2D eigenvalue weighted by Crippen LogP contribution is 2.29. The molecular weight excluding hydrogens is 268 g/mol. The van der Waals surface area contributed by atoms with Gasteiger partial charge >= 0.3 is 0 Å². The van der Waals surface area contributed by atoms with Gasteiger partial charge in [-0.05, 0) is 43.5 Å². The number of rotatable bonds is 5. The van der Waals surface area contributed by atoms with Crippen LogP contribution in [0.15, 0.2) is 18.2 Å². The summed E-state index contributed by atoms with van der Waals surface area (Å²) in [6.45, 7) is 4.46. The van der Waals surface area contributed by atoms with Crippen molar-refractivity contribution < 1.29 is 14.7 Å². The molecule has 1 aliphatic heterocycles. The van der Waals surface area contributed by atoms with E-state index in [-0.39, 0.29) is 24.5 Å². The van der Waals surface area contributed by atoms with Crippen molar-refractivity contribution in [2.45, 2.75) is 39.2 Å². The molecule has 1 aromatic carbocycles. The van der Waals surface area contributed by atoms with Gasteiger partial charge in [0.2, 0.25) is 5.91 Å². The van der Waals surface area contributed by atoms with Gasteiger partial charge in [0.15, 0.2) is 0 Å². The molecule has 2 amide bonds. The van der Waals surface area contributed by atoms with Crippen LogP contribution in [0.2, 0.25) is 0 Å². The molecule has 0 aliphatic carbocycles. The average Bonchev–Trinajstić information content (AvgIpc) is 2.89. The monoisotopic (exact) mass is 290 g/mol. The molecule has 2 N–H and O–H groups in total. The first-order valence-corrected chi connectivity index (χ1v) is 7.41. The molecule has 0 bridgehead atoms. The van der Waals surface area contributed by atoms with Crippen LogP contribution in [0.5, 0.6) is 0 Å². The average molecular weight is 290 g/mol. The number of aliphatic hydroxyl groups is 1. The fourth-order valence-corrected chi connectivity index (χ4v) is 2.57. The minimum atomic E-state index is -0.140. The topological polar surface area (TPSA) is 69.6 Å². The van der Waals surface area contributed by atoms with E-state index in [9.17, 15) is 9.59 Å². The molecule has 2 rings (SSSR count). The number of nitrogens with zero attached hydrogens (tertiary/aromatic N) is 1. The van der Waals surface area contributed by atoms with Crippen LogP contribution in [0, 0.1) is 0 Å². The highest BCUT2D eigenvalue weighted by atomic mass is 16.3. The Kier molecular flexibility index (Phi) is 4.96. The van der Waals surface area contributed by atoms with Gasteiger partial charge in [0, 0.05) is 36.9 Å². The van der Waals surface area contributed by atoms with Gasteiger partial charge in [-0.15, -0.1) is 0 Å². The smallest absolute Gasteiger partial charge is 0.251 e. The van der Waals surface area contributed by atoms with Crippen molar-refractivity contribution in [1.82, 2.24) is 5.32 Å². The van der Waals surface area contributed by atoms with Gasteiger partial charge in [0.1, 0.15) is 0 Å². The van der Waals surface area contributed by atoms with Gasteiger partial charge in [-0.25, -0.2) is 0 Å². The molecule has 114 valence electrons. The second-order valence-electron chi connectivity index (χ2n) is 5.38. The number of carbonyl (C=O) groups is 2.